The predicted molar refractivity (Wildman–Crippen MR) is 150 cm³/mol. The Morgan fingerprint density at radius 1 is 1.15 bits per heavy atom. The zero-order valence-corrected chi connectivity index (χ0v) is 23.9. The number of hydrogen-bond donors (Lipinski definition) is 6. The Morgan fingerprint density at radius 2 is 1.85 bits per heavy atom. The molecule has 2 heterocycles. The fraction of sp³-hybridized carbons (Fsp3) is 0.308. The molecule has 1 amide bonds. The van der Waals surface area contributed by atoms with Crippen molar-refractivity contribution in [2.24, 2.45) is 11.5 Å². The van der Waals surface area contributed by atoms with Crippen LogP contribution in [0.15, 0.2) is 57.2 Å². The first-order valence-electron chi connectivity index (χ1n) is 12.5. The minimum atomic E-state index is -5.03. The van der Waals surface area contributed by atoms with Gasteiger partial charge in [-0.25, -0.2) is 9.00 Å². The zero-order valence-electron chi connectivity index (χ0n) is 22.2. The molecule has 9 N–H and O–H groups in total. The van der Waals surface area contributed by atoms with Crippen LogP contribution in [0.5, 0.6) is 5.75 Å². The number of rotatable bonds is 9. The van der Waals surface area contributed by atoms with Crippen LogP contribution in [0.2, 0.25) is 0 Å². The number of amides is 1. The average Bonchev–Trinajstić information content (AvgIpc) is 3.17. The smallest absolute Gasteiger partial charge is 0.340 e. The monoisotopic (exact) mass is 606 g/mol. The molecule has 0 radical (unpaired) electrons. The number of benzene rings is 2. The second-order valence-corrected chi connectivity index (χ2v) is 11.9. The molecule has 2 aromatic rings. The van der Waals surface area contributed by atoms with E-state index in [-0.39, 0.29) is 39.3 Å². The topological polar surface area (TPSA) is 234 Å². The molecule has 2 atom stereocenters. The normalized spacial score (nSPS) is 19.2. The van der Waals surface area contributed by atoms with Crippen LogP contribution in [0.1, 0.15) is 65.0 Å². The summed E-state index contributed by atoms with van der Waals surface area (Å²) in [6.45, 7) is 3.71. The highest BCUT2D eigenvalue weighted by Crippen LogP contribution is 2.56. The number of carbonyl (C=O) groups is 2. The summed E-state index contributed by atoms with van der Waals surface area (Å²) < 4.78 is 69.2. The van der Waals surface area contributed by atoms with Gasteiger partial charge in [-0.1, -0.05) is 6.42 Å². The third-order valence-electron chi connectivity index (χ3n) is 6.88. The molecule has 0 bridgehead atoms. The molecule has 2 aliphatic rings. The van der Waals surface area contributed by atoms with Crippen LogP contribution in [0.4, 0.5) is 5.69 Å². The Balaban J connectivity index is 2.00. The molecule has 15 heteroatoms. The van der Waals surface area contributed by atoms with Crippen LogP contribution in [-0.4, -0.2) is 46.7 Å². The van der Waals surface area contributed by atoms with Crippen molar-refractivity contribution in [3.8, 4) is 5.75 Å². The van der Waals surface area contributed by atoms with E-state index >= 15 is 0 Å². The molecule has 4 rings (SSSR count). The van der Waals surface area contributed by atoms with Crippen molar-refractivity contribution in [1.82, 2.24) is 5.32 Å². The number of carbonyl (C=O) groups excluding carboxylic acids is 2. The summed E-state index contributed by atoms with van der Waals surface area (Å²) in [5.74, 6) is -2.16. The van der Waals surface area contributed by atoms with Crippen LogP contribution in [0.25, 0.3) is 0 Å². The maximum Gasteiger partial charge on any atom is 0.340 e. The van der Waals surface area contributed by atoms with E-state index in [1.807, 2.05) is 0 Å². The molecule has 2 unspecified atom stereocenters. The van der Waals surface area contributed by atoms with Crippen LogP contribution in [0.3, 0.4) is 0 Å². The van der Waals surface area contributed by atoms with Crippen molar-refractivity contribution in [3.05, 3.63) is 74.5 Å². The minimum absolute atomic E-state index is 0.0511. The van der Waals surface area contributed by atoms with Gasteiger partial charge in [-0.05, 0) is 63.6 Å². The highest BCUT2D eigenvalue weighted by molar-refractivity contribution is 7.86. The van der Waals surface area contributed by atoms with Gasteiger partial charge in [-0.2, -0.15) is 8.42 Å². The third-order valence-corrected chi connectivity index (χ3v) is 8.68. The summed E-state index contributed by atoms with van der Waals surface area (Å²) in [5.41, 5.74) is 15.2. The summed E-state index contributed by atoms with van der Waals surface area (Å²) >= 11 is -2.75. The van der Waals surface area contributed by atoms with Gasteiger partial charge in [-0.3, -0.25) is 9.35 Å². The Kier molecular flexibility index (Phi) is 8.29. The Morgan fingerprint density at radius 3 is 2.46 bits per heavy atom. The standard InChI is InChI=1S/C26H30N4O9S2/c1-13-20(22(14(2)28)40(33)34)38-21-17(8-9-19(29)23(21)41(35,36)37)26(13)18-12-15(6-7-16(18)25(32)39-26)24(31)30-11-5-3-4-10-27/h6-9,12H,3-5,10-11,27-29H2,1-2H3,(H,30,31)(H,33,34)(H,35,36,37)/b22-14-. The van der Waals surface area contributed by atoms with Crippen LogP contribution in [-0.2, 0) is 31.5 Å². The van der Waals surface area contributed by atoms with E-state index in [1.54, 1.807) is 0 Å². The summed E-state index contributed by atoms with van der Waals surface area (Å²) in [7, 11) is -5.03. The molecular weight excluding hydrogens is 576 g/mol. The molecule has 220 valence electrons. The quantitative estimate of drug-likeness (QED) is 0.0789. The molecular formula is C26H30N4O9S2. The first-order valence-corrected chi connectivity index (χ1v) is 15.0. The number of unbranched alkanes of at least 4 members (excludes halogenated alkanes) is 2. The molecule has 1 spiro atoms. The first kappa shape index (κ1) is 30.2. The van der Waals surface area contributed by atoms with Crippen molar-refractivity contribution in [2.75, 3.05) is 18.8 Å². The fourth-order valence-corrected chi connectivity index (χ4v) is 6.39. The van der Waals surface area contributed by atoms with Gasteiger partial charge >= 0.3 is 5.97 Å². The van der Waals surface area contributed by atoms with E-state index in [1.165, 1.54) is 44.2 Å². The van der Waals surface area contributed by atoms with E-state index in [0.717, 1.165) is 12.8 Å². The molecule has 0 saturated carbocycles. The van der Waals surface area contributed by atoms with Gasteiger partial charge in [0.15, 0.2) is 33.1 Å². The van der Waals surface area contributed by atoms with Gasteiger partial charge in [0.2, 0.25) is 0 Å². The first-order chi connectivity index (χ1) is 19.2. The lowest BCUT2D eigenvalue weighted by Crippen LogP contribution is -2.36. The van der Waals surface area contributed by atoms with E-state index in [0.29, 0.717) is 19.5 Å². The van der Waals surface area contributed by atoms with Gasteiger partial charge in [0.05, 0.1) is 11.3 Å². The van der Waals surface area contributed by atoms with Crippen molar-refractivity contribution >= 4 is 38.8 Å². The molecule has 2 aliphatic heterocycles. The van der Waals surface area contributed by atoms with Crippen molar-refractivity contribution in [2.45, 2.75) is 43.6 Å². The number of nitrogen functional groups attached to an aromatic ring is 1. The maximum absolute atomic E-state index is 13.2. The van der Waals surface area contributed by atoms with Gasteiger partial charge in [-0.15, -0.1) is 0 Å². The maximum atomic E-state index is 13.2. The summed E-state index contributed by atoms with van der Waals surface area (Å²) in [4.78, 5) is 25.0. The molecule has 0 aromatic heterocycles. The highest BCUT2D eigenvalue weighted by atomic mass is 32.2. The summed E-state index contributed by atoms with van der Waals surface area (Å²) in [5, 5.41) is 2.81. The number of esters is 1. The number of nitrogens with two attached hydrogens (primary N) is 3. The van der Waals surface area contributed by atoms with Gasteiger partial charge in [0.25, 0.3) is 16.0 Å². The SMILES string of the molecule is CC1=C(/C(=C(\C)N)S(=O)O)Oc2c(ccc(N)c2S(=O)(=O)O)C12OC(=O)c1ccc(C(=O)NCCCCCN)cc12. The Labute approximate surface area is 238 Å². The molecule has 0 fully saturated rings. The number of nitrogens with one attached hydrogen (secondary N) is 1. The van der Waals surface area contributed by atoms with Gasteiger partial charge < -0.3 is 36.5 Å². The number of allylic oxidation sites excluding steroid dienone is 1. The van der Waals surface area contributed by atoms with Crippen molar-refractivity contribution in [3.63, 3.8) is 0 Å². The lowest BCUT2D eigenvalue weighted by atomic mass is 9.77. The molecule has 0 saturated heterocycles. The summed E-state index contributed by atoms with van der Waals surface area (Å²) in [6.07, 6.45) is 2.36. The van der Waals surface area contributed by atoms with Gasteiger partial charge in [0.1, 0.15) is 4.91 Å². The zero-order chi connectivity index (χ0) is 30.3. The number of ether oxygens (including phenoxy) is 2. The van der Waals surface area contributed by atoms with E-state index < -0.39 is 59.9 Å². The lowest BCUT2D eigenvalue weighted by Gasteiger charge is -2.38. The molecule has 2 aromatic carbocycles. The highest BCUT2D eigenvalue weighted by Gasteiger charge is 2.55. The fourth-order valence-electron chi connectivity index (χ4n) is 5.01. The number of anilines is 1. The Bertz CT molecular complexity index is 1650. The van der Waals surface area contributed by atoms with E-state index in [2.05, 4.69) is 5.32 Å². The van der Waals surface area contributed by atoms with Crippen LogP contribution >= 0.6 is 0 Å². The van der Waals surface area contributed by atoms with Crippen LogP contribution in [0, 0.1) is 0 Å². The number of fused-ring (bicyclic) bond motifs is 4. The van der Waals surface area contributed by atoms with Crippen molar-refractivity contribution < 1.29 is 40.8 Å². The largest absolute Gasteiger partial charge is 0.454 e. The second kappa shape index (κ2) is 11.3. The minimum Gasteiger partial charge on any atom is -0.454 e. The average molecular weight is 607 g/mol. The molecule has 41 heavy (non-hydrogen) atoms. The van der Waals surface area contributed by atoms with Gasteiger partial charge in [0, 0.05) is 34.5 Å². The molecule has 0 aliphatic carbocycles. The van der Waals surface area contributed by atoms with Crippen LogP contribution < -0.4 is 27.3 Å². The van der Waals surface area contributed by atoms with E-state index in [4.69, 9.17) is 26.7 Å². The Hall–Kier alpha value is -3.76. The molecule has 13 nitrogen and oxygen atoms in total. The second-order valence-electron chi connectivity index (χ2n) is 9.59. The lowest BCUT2D eigenvalue weighted by molar-refractivity contribution is 0.0202. The third kappa shape index (κ3) is 5.22. The summed E-state index contributed by atoms with van der Waals surface area (Å²) in [6, 6.07) is 6.79. The van der Waals surface area contributed by atoms with Crippen molar-refractivity contribution in [1.29, 1.82) is 0 Å². The van der Waals surface area contributed by atoms with E-state index in [9.17, 15) is 31.3 Å². The predicted octanol–water partition coefficient (Wildman–Crippen LogP) is 1.87. The number of hydrogen-bond acceptors (Lipinski definition) is 10.